The third-order valence-electron chi connectivity index (χ3n) is 2.15. The van der Waals surface area contributed by atoms with Gasteiger partial charge in [0.05, 0.1) is 5.56 Å². The van der Waals surface area contributed by atoms with Crippen LogP contribution >= 0.6 is 0 Å². The summed E-state index contributed by atoms with van der Waals surface area (Å²) in [5.41, 5.74) is 0.0214. The van der Waals surface area contributed by atoms with Crippen LogP contribution in [0.3, 0.4) is 0 Å². The molecule has 1 N–H and O–H groups in total. The maximum Gasteiger partial charge on any atom is 0.335 e. The van der Waals surface area contributed by atoms with Gasteiger partial charge in [0.15, 0.2) is 0 Å². The zero-order chi connectivity index (χ0) is 12.5. The Morgan fingerprint density at radius 2 is 1.94 bits per heavy atom. The fraction of sp³-hybridized carbons (Fsp3) is 0.300. The lowest BCUT2D eigenvalue weighted by molar-refractivity contribution is 0.0696. The van der Waals surface area contributed by atoms with Crippen LogP contribution in [-0.2, 0) is 10.2 Å². The van der Waals surface area contributed by atoms with Crippen molar-refractivity contribution >= 4 is 16.2 Å². The van der Waals surface area contributed by atoms with E-state index in [1.54, 1.807) is 13.8 Å². The predicted molar refractivity (Wildman–Crippen MR) is 55.8 cm³/mol. The van der Waals surface area contributed by atoms with E-state index in [4.69, 9.17) is 5.11 Å². The molecule has 0 amide bonds. The third-order valence-corrected chi connectivity index (χ3v) is 3.02. The Hall–Kier alpha value is -1.43. The number of hydrogen-bond donors (Lipinski definition) is 1. The van der Waals surface area contributed by atoms with Crippen molar-refractivity contribution in [2.75, 3.05) is 0 Å². The topological polar surface area (TPSA) is 71.4 Å². The first-order valence-electron chi connectivity index (χ1n) is 4.55. The molecule has 88 valence electrons. The number of carboxylic acids is 1. The summed E-state index contributed by atoms with van der Waals surface area (Å²) in [4.78, 5) is 10.1. The molecule has 6 heteroatoms. The Morgan fingerprint density at radius 3 is 2.31 bits per heavy atom. The summed E-state index contributed by atoms with van der Waals surface area (Å²) in [7, 11) is -4.90. The smallest absolute Gasteiger partial charge is 0.335 e. The molecule has 0 fully saturated rings. The molecule has 0 radical (unpaired) electrons. The quantitative estimate of drug-likeness (QED) is 0.829. The summed E-state index contributed by atoms with van der Waals surface area (Å²) in [5, 5.41) is 8.69. The molecule has 1 aromatic carbocycles. The number of hydrogen-bond acceptors (Lipinski definition) is 3. The van der Waals surface area contributed by atoms with Crippen LogP contribution in [0.2, 0.25) is 0 Å². The molecular weight excluding hydrogens is 235 g/mol. The van der Waals surface area contributed by atoms with Gasteiger partial charge in [-0.1, -0.05) is 19.9 Å². The fourth-order valence-corrected chi connectivity index (χ4v) is 2.21. The standard InChI is InChI=1S/C10H11FO4S/c1-6(2)8-4-3-7(10(12)13)5-9(8)16(11,14)15/h3-6H,1-2H3,(H,12,13). The molecule has 1 aromatic rings. The van der Waals surface area contributed by atoms with Crippen LogP contribution in [0.25, 0.3) is 0 Å². The summed E-state index contributed by atoms with van der Waals surface area (Å²) in [5.74, 6) is -1.50. The zero-order valence-corrected chi connectivity index (χ0v) is 9.58. The van der Waals surface area contributed by atoms with E-state index < -0.39 is 21.1 Å². The number of carboxylic acid groups (broad SMARTS) is 1. The van der Waals surface area contributed by atoms with Crippen molar-refractivity contribution in [3.63, 3.8) is 0 Å². The van der Waals surface area contributed by atoms with E-state index in [2.05, 4.69) is 0 Å². The largest absolute Gasteiger partial charge is 0.478 e. The van der Waals surface area contributed by atoms with Gasteiger partial charge in [0.2, 0.25) is 0 Å². The molecule has 0 aromatic heterocycles. The highest BCUT2D eigenvalue weighted by Crippen LogP contribution is 2.26. The van der Waals surface area contributed by atoms with Crippen molar-refractivity contribution in [3.05, 3.63) is 29.3 Å². The predicted octanol–water partition coefficient (Wildman–Crippen LogP) is 2.17. The van der Waals surface area contributed by atoms with E-state index in [0.29, 0.717) is 0 Å². The van der Waals surface area contributed by atoms with Crippen molar-refractivity contribution < 1.29 is 22.2 Å². The second-order valence-electron chi connectivity index (χ2n) is 3.65. The first-order valence-corrected chi connectivity index (χ1v) is 5.93. The summed E-state index contributed by atoms with van der Waals surface area (Å²) in [6.07, 6.45) is 0. The van der Waals surface area contributed by atoms with Gasteiger partial charge in [0, 0.05) is 0 Å². The normalized spacial score (nSPS) is 11.8. The SMILES string of the molecule is CC(C)c1ccc(C(=O)O)cc1S(=O)(=O)F. The Kier molecular flexibility index (Phi) is 3.32. The molecule has 0 aliphatic rings. The molecule has 4 nitrogen and oxygen atoms in total. The molecule has 0 saturated heterocycles. The number of carbonyl (C=O) groups is 1. The molecule has 0 bridgehead atoms. The van der Waals surface area contributed by atoms with Crippen LogP contribution in [0.5, 0.6) is 0 Å². The summed E-state index contributed by atoms with van der Waals surface area (Å²) >= 11 is 0. The van der Waals surface area contributed by atoms with Gasteiger partial charge in [-0.05, 0) is 23.6 Å². The monoisotopic (exact) mass is 246 g/mol. The van der Waals surface area contributed by atoms with Crippen molar-refractivity contribution in [1.29, 1.82) is 0 Å². The van der Waals surface area contributed by atoms with Crippen LogP contribution in [0.1, 0.15) is 35.7 Å². The minimum atomic E-state index is -4.90. The van der Waals surface area contributed by atoms with Crippen molar-refractivity contribution in [1.82, 2.24) is 0 Å². The summed E-state index contributed by atoms with van der Waals surface area (Å²) < 4.78 is 34.7. The number of rotatable bonds is 3. The van der Waals surface area contributed by atoms with Crippen molar-refractivity contribution in [2.24, 2.45) is 0 Å². The summed E-state index contributed by atoms with van der Waals surface area (Å²) in [6.45, 7) is 3.40. The van der Waals surface area contributed by atoms with Crippen LogP contribution in [0, 0.1) is 0 Å². The Bertz CT molecular complexity index is 520. The first kappa shape index (κ1) is 12.6. The maximum atomic E-state index is 13.0. The van der Waals surface area contributed by atoms with Crippen LogP contribution in [-0.4, -0.2) is 19.5 Å². The Balaban J connectivity index is 3.51. The highest BCUT2D eigenvalue weighted by molar-refractivity contribution is 7.86. The van der Waals surface area contributed by atoms with E-state index in [1.807, 2.05) is 0 Å². The van der Waals surface area contributed by atoms with Gasteiger partial charge in [0.25, 0.3) is 0 Å². The van der Waals surface area contributed by atoms with Gasteiger partial charge in [0.1, 0.15) is 4.90 Å². The lowest BCUT2D eigenvalue weighted by Crippen LogP contribution is -2.05. The van der Waals surface area contributed by atoms with Crippen molar-refractivity contribution in [2.45, 2.75) is 24.7 Å². The van der Waals surface area contributed by atoms with Gasteiger partial charge in [-0.15, -0.1) is 3.89 Å². The molecule has 16 heavy (non-hydrogen) atoms. The number of benzene rings is 1. The molecule has 0 aliphatic carbocycles. The molecule has 0 aliphatic heterocycles. The van der Waals surface area contributed by atoms with Crippen LogP contribution in [0.4, 0.5) is 3.89 Å². The minimum Gasteiger partial charge on any atom is -0.478 e. The third kappa shape index (κ3) is 2.57. The second-order valence-corrected chi connectivity index (χ2v) is 4.97. The molecule has 0 heterocycles. The molecular formula is C10H11FO4S. The zero-order valence-electron chi connectivity index (χ0n) is 8.77. The lowest BCUT2D eigenvalue weighted by atomic mass is 10.0. The summed E-state index contributed by atoms with van der Waals surface area (Å²) in [6, 6.07) is 3.42. The highest BCUT2D eigenvalue weighted by Gasteiger charge is 2.21. The highest BCUT2D eigenvalue weighted by atomic mass is 32.3. The van der Waals surface area contributed by atoms with E-state index in [1.165, 1.54) is 12.1 Å². The molecule has 0 atom stereocenters. The van der Waals surface area contributed by atoms with Gasteiger partial charge in [-0.2, -0.15) is 8.42 Å². The van der Waals surface area contributed by atoms with Crippen molar-refractivity contribution in [3.8, 4) is 0 Å². The first-order chi connectivity index (χ1) is 7.23. The van der Waals surface area contributed by atoms with E-state index in [9.17, 15) is 17.1 Å². The number of halogens is 1. The minimum absolute atomic E-state index is 0.205. The maximum absolute atomic E-state index is 13.0. The van der Waals surface area contributed by atoms with Gasteiger partial charge < -0.3 is 5.11 Å². The van der Waals surface area contributed by atoms with Gasteiger partial charge >= 0.3 is 16.2 Å². The molecule has 0 spiro atoms. The molecule has 0 unspecified atom stereocenters. The van der Waals surface area contributed by atoms with E-state index in [-0.39, 0.29) is 17.0 Å². The van der Waals surface area contributed by atoms with Crippen LogP contribution in [0.15, 0.2) is 23.1 Å². The van der Waals surface area contributed by atoms with Crippen LogP contribution < -0.4 is 0 Å². The fourth-order valence-electron chi connectivity index (χ4n) is 1.36. The Morgan fingerprint density at radius 1 is 1.38 bits per heavy atom. The molecule has 0 saturated carbocycles. The Labute approximate surface area is 92.9 Å². The van der Waals surface area contributed by atoms with Gasteiger partial charge in [-0.25, -0.2) is 4.79 Å². The lowest BCUT2D eigenvalue weighted by Gasteiger charge is -2.10. The molecule has 1 rings (SSSR count). The average molecular weight is 246 g/mol. The van der Waals surface area contributed by atoms with E-state index >= 15 is 0 Å². The average Bonchev–Trinajstić information content (AvgIpc) is 2.15. The number of aromatic carboxylic acids is 1. The van der Waals surface area contributed by atoms with Gasteiger partial charge in [-0.3, -0.25) is 0 Å². The second kappa shape index (κ2) is 4.21. The van der Waals surface area contributed by atoms with E-state index in [0.717, 1.165) is 6.07 Å².